The summed E-state index contributed by atoms with van der Waals surface area (Å²) in [6.45, 7) is 0. The van der Waals surface area contributed by atoms with Crippen LogP contribution in [0, 0.1) is 0 Å². The fourth-order valence-electron chi connectivity index (χ4n) is 2.51. The third-order valence-electron chi connectivity index (χ3n) is 3.93. The number of pyridine rings is 1. The van der Waals surface area contributed by atoms with Crippen LogP contribution in [0.1, 0.15) is 11.4 Å². The van der Waals surface area contributed by atoms with Crippen molar-refractivity contribution < 1.29 is 44.4 Å². The number of hydrogen-bond donors (Lipinski definition) is 0. The first-order valence-electron chi connectivity index (χ1n) is 7.83. The molecule has 0 N–H and O–H groups in total. The van der Waals surface area contributed by atoms with Crippen LogP contribution in [0.5, 0.6) is 5.75 Å². The molecule has 0 saturated heterocycles. The van der Waals surface area contributed by atoms with Crippen LogP contribution in [0.15, 0.2) is 33.7 Å². The summed E-state index contributed by atoms with van der Waals surface area (Å²) in [5.41, 5.74) is -5.68. The molecule has 0 amide bonds. The SMILES string of the molecule is COc1ccn2c(=O)c(-c3cc(CC(F)(F)C(F)(F)F)no3)c(C(F)(F)F)nc2c1. The molecule has 0 atom stereocenters. The van der Waals surface area contributed by atoms with Crippen LogP contribution in [0.2, 0.25) is 0 Å². The molecule has 30 heavy (non-hydrogen) atoms. The van der Waals surface area contributed by atoms with Crippen LogP contribution in [0.25, 0.3) is 17.0 Å². The first-order chi connectivity index (χ1) is 13.7. The highest BCUT2D eigenvalue weighted by molar-refractivity contribution is 5.63. The molecule has 0 aromatic carbocycles. The zero-order chi connectivity index (χ0) is 22.5. The highest BCUT2D eigenvalue weighted by atomic mass is 19.4. The van der Waals surface area contributed by atoms with Crippen molar-refractivity contribution in [3.05, 3.63) is 46.1 Å². The minimum atomic E-state index is -5.91. The van der Waals surface area contributed by atoms with Gasteiger partial charge in [-0.3, -0.25) is 9.20 Å². The normalized spacial score (nSPS) is 13.1. The molecule has 0 unspecified atom stereocenters. The molecule has 0 spiro atoms. The van der Waals surface area contributed by atoms with E-state index in [-0.39, 0.29) is 5.75 Å². The first kappa shape index (κ1) is 21.5. The quantitative estimate of drug-likeness (QED) is 0.568. The average Bonchev–Trinajstić information content (AvgIpc) is 3.06. The number of fused-ring (bicyclic) bond motifs is 1. The summed E-state index contributed by atoms with van der Waals surface area (Å²) in [6.07, 6.45) is -12.0. The van der Waals surface area contributed by atoms with Crippen LogP contribution in [0.3, 0.4) is 0 Å². The number of nitrogens with zero attached hydrogens (tertiary/aromatic N) is 3. The van der Waals surface area contributed by atoms with Gasteiger partial charge in [0.15, 0.2) is 11.5 Å². The van der Waals surface area contributed by atoms with Gasteiger partial charge in [-0.1, -0.05) is 5.16 Å². The molecule has 6 nitrogen and oxygen atoms in total. The lowest BCUT2D eigenvalue weighted by molar-refractivity contribution is -0.281. The Morgan fingerprint density at radius 2 is 1.77 bits per heavy atom. The van der Waals surface area contributed by atoms with Crippen molar-refractivity contribution in [2.75, 3.05) is 7.11 Å². The monoisotopic (exact) mass is 443 g/mol. The van der Waals surface area contributed by atoms with Gasteiger partial charge in [0.25, 0.3) is 5.56 Å². The lowest BCUT2D eigenvalue weighted by Gasteiger charge is -2.17. The molecule has 162 valence electrons. The smallest absolute Gasteiger partial charge is 0.453 e. The van der Waals surface area contributed by atoms with E-state index in [1.165, 1.54) is 13.2 Å². The van der Waals surface area contributed by atoms with Crippen molar-refractivity contribution in [1.29, 1.82) is 0 Å². The molecule has 0 radical (unpaired) electrons. The van der Waals surface area contributed by atoms with Gasteiger partial charge in [-0.2, -0.15) is 35.1 Å². The number of methoxy groups -OCH3 is 1. The first-order valence-corrected chi connectivity index (χ1v) is 7.83. The predicted molar refractivity (Wildman–Crippen MR) is 83.2 cm³/mol. The number of aromatic nitrogens is 3. The van der Waals surface area contributed by atoms with Crippen LogP contribution >= 0.6 is 0 Å². The molecule has 14 heteroatoms. The number of hydrogen-bond acceptors (Lipinski definition) is 5. The van der Waals surface area contributed by atoms with Gasteiger partial charge in [0.1, 0.15) is 17.0 Å². The third kappa shape index (κ3) is 3.80. The van der Waals surface area contributed by atoms with E-state index < -0.39 is 58.6 Å². The van der Waals surface area contributed by atoms with Gasteiger partial charge in [0.2, 0.25) is 0 Å². The minimum Gasteiger partial charge on any atom is -0.497 e. The van der Waals surface area contributed by atoms with Crippen LogP contribution < -0.4 is 10.3 Å². The van der Waals surface area contributed by atoms with Crippen LogP contribution in [-0.4, -0.2) is 33.7 Å². The second-order valence-electron chi connectivity index (χ2n) is 5.99. The Kier molecular flexibility index (Phi) is 4.99. The van der Waals surface area contributed by atoms with Crippen molar-refractivity contribution in [3.63, 3.8) is 0 Å². The second kappa shape index (κ2) is 6.95. The van der Waals surface area contributed by atoms with Crippen molar-refractivity contribution in [1.82, 2.24) is 14.5 Å². The van der Waals surface area contributed by atoms with E-state index in [2.05, 4.69) is 14.7 Å². The summed E-state index contributed by atoms with van der Waals surface area (Å²) in [4.78, 5) is 16.0. The Hall–Kier alpha value is -3.19. The Bertz CT molecular complexity index is 1150. The minimum absolute atomic E-state index is 0.0964. The number of alkyl halides is 8. The summed E-state index contributed by atoms with van der Waals surface area (Å²) in [6, 6.07) is 2.68. The summed E-state index contributed by atoms with van der Waals surface area (Å²) >= 11 is 0. The second-order valence-corrected chi connectivity index (χ2v) is 5.99. The van der Waals surface area contributed by atoms with Gasteiger partial charge >= 0.3 is 18.3 Å². The van der Waals surface area contributed by atoms with Crippen molar-refractivity contribution >= 4 is 5.65 Å². The Morgan fingerprint density at radius 3 is 2.33 bits per heavy atom. The summed E-state index contributed by atoms with van der Waals surface area (Å²) in [7, 11) is 1.23. The molecule has 3 heterocycles. The van der Waals surface area contributed by atoms with Gasteiger partial charge in [-0.15, -0.1) is 0 Å². The average molecular weight is 443 g/mol. The predicted octanol–water partition coefficient (Wildman–Crippen LogP) is 4.12. The summed E-state index contributed by atoms with van der Waals surface area (Å²) in [5, 5.41) is 2.94. The molecule has 0 aliphatic carbocycles. The van der Waals surface area contributed by atoms with E-state index in [1.54, 1.807) is 0 Å². The van der Waals surface area contributed by atoms with Crippen LogP contribution in [-0.2, 0) is 12.6 Å². The molecular formula is C16H9F8N3O3. The molecule has 0 aliphatic heterocycles. The fraction of sp³-hybridized carbons (Fsp3) is 0.312. The number of ether oxygens (including phenoxy) is 1. The van der Waals surface area contributed by atoms with E-state index in [1.807, 2.05) is 0 Å². The molecule has 0 fully saturated rings. The van der Waals surface area contributed by atoms with Crippen LogP contribution in [0.4, 0.5) is 35.1 Å². The third-order valence-corrected chi connectivity index (χ3v) is 3.93. The maximum atomic E-state index is 13.5. The Morgan fingerprint density at radius 1 is 1.10 bits per heavy atom. The topological polar surface area (TPSA) is 69.6 Å². The lowest BCUT2D eigenvalue weighted by Crippen LogP contribution is -2.38. The van der Waals surface area contributed by atoms with Gasteiger partial charge in [0, 0.05) is 18.3 Å². The van der Waals surface area contributed by atoms with Gasteiger partial charge in [-0.25, -0.2) is 4.98 Å². The largest absolute Gasteiger partial charge is 0.497 e. The van der Waals surface area contributed by atoms with Gasteiger partial charge in [-0.05, 0) is 6.07 Å². The summed E-state index contributed by atoms with van der Waals surface area (Å²) in [5.74, 6) is -6.07. The van der Waals surface area contributed by atoms with Crippen molar-refractivity contribution in [2.24, 2.45) is 0 Å². The van der Waals surface area contributed by atoms with E-state index in [4.69, 9.17) is 4.74 Å². The molecule has 3 aromatic heterocycles. The highest BCUT2D eigenvalue weighted by Crippen LogP contribution is 2.39. The molecule has 0 aliphatic rings. The molecule has 0 bridgehead atoms. The standard InChI is InChI=1S/C16H9F8N3O3/c1-29-8-2-3-27-10(5-8)25-12(15(19,20)21)11(13(27)28)9-4-7(26-30-9)6-14(17,18)16(22,23)24/h2-5H,6H2,1H3. The molecular weight excluding hydrogens is 434 g/mol. The summed E-state index contributed by atoms with van der Waals surface area (Å²) < 4.78 is 114. The van der Waals surface area contributed by atoms with Crippen molar-refractivity contribution in [2.45, 2.75) is 24.7 Å². The van der Waals surface area contributed by atoms with E-state index >= 15 is 0 Å². The molecule has 3 rings (SSSR count). The van der Waals surface area contributed by atoms with Gasteiger partial charge in [0.05, 0.1) is 19.2 Å². The maximum Gasteiger partial charge on any atom is 0.453 e. The Balaban J connectivity index is 2.18. The van der Waals surface area contributed by atoms with E-state index in [0.717, 1.165) is 12.3 Å². The van der Waals surface area contributed by atoms with E-state index in [9.17, 15) is 39.9 Å². The van der Waals surface area contributed by atoms with Crippen molar-refractivity contribution in [3.8, 4) is 17.1 Å². The maximum absolute atomic E-state index is 13.5. The zero-order valence-corrected chi connectivity index (χ0v) is 14.6. The number of halogens is 8. The molecule has 3 aromatic rings. The fourth-order valence-corrected chi connectivity index (χ4v) is 2.51. The number of rotatable bonds is 4. The highest BCUT2D eigenvalue weighted by Gasteiger charge is 2.57. The Labute approximate surface area is 160 Å². The lowest BCUT2D eigenvalue weighted by atomic mass is 10.1. The van der Waals surface area contributed by atoms with E-state index in [0.29, 0.717) is 10.5 Å². The van der Waals surface area contributed by atoms with Gasteiger partial charge < -0.3 is 9.26 Å². The molecule has 0 saturated carbocycles. The zero-order valence-electron chi connectivity index (χ0n) is 14.6.